The SMILES string of the molecule is C=CN/C=N\c1c(N)cccc1C(C)CCC. The lowest BCUT2D eigenvalue weighted by Gasteiger charge is -2.14. The first-order valence-electron chi connectivity index (χ1n) is 5.98. The van der Waals surface area contributed by atoms with E-state index in [0.717, 1.165) is 18.5 Å². The van der Waals surface area contributed by atoms with Gasteiger partial charge >= 0.3 is 0 Å². The summed E-state index contributed by atoms with van der Waals surface area (Å²) in [6.45, 7) is 7.96. The summed E-state index contributed by atoms with van der Waals surface area (Å²) in [6, 6.07) is 5.96. The smallest absolute Gasteiger partial charge is 0.0926 e. The monoisotopic (exact) mass is 231 g/mol. The average Bonchev–Trinajstić information content (AvgIpc) is 2.31. The Kier molecular flexibility index (Phi) is 5.27. The Morgan fingerprint density at radius 2 is 2.29 bits per heavy atom. The minimum Gasteiger partial charge on any atom is -0.397 e. The van der Waals surface area contributed by atoms with Crippen LogP contribution in [0.2, 0.25) is 0 Å². The highest BCUT2D eigenvalue weighted by Gasteiger charge is 2.11. The molecule has 0 fully saturated rings. The van der Waals surface area contributed by atoms with Crippen LogP contribution < -0.4 is 11.1 Å². The third-order valence-corrected chi connectivity index (χ3v) is 2.74. The number of nitrogen functional groups attached to an aromatic ring is 1. The maximum absolute atomic E-state index is 5.97. The van der Waals surface area contributed by atoms with Gasteiger partial charge in [0.15, 0.2) is 0 Å². The highest BCUT2D eigenvalue weighted by atomic mass is 14.9. The van der Waals surface area contributed by atoms with Gasteiger partial charge < -0.3 is 11.1 Å². The van der Waals surface area contributed by atoms with Crippen molar-refractivity contribution in [3.05, 3.63) is 36.5 Å². The summed E-state index contributed by atoms with van der Waals surface area (Å²) in [5, 5.41) is 2.84. The molecule has 0 bridgehead atoms. The fourth-order valence-electron chi connectivity index (χ4n) is 1.87. The van der Waals surface area contributed by atoms with Crippen molar-refractivity contribution in [3.63, 3.8) is 0 Å². The fraction of sp³-hybridized carbons (Fsp3) is 0.357. The van der Waals surface area contributed by atoms with Crippen molar-refractivity contribution in [2.45, 2.75) is 32.6 Å². The molecule has 1 unspecified atom stereocenters. The van der Waals surface area contributed by atoms with Crippen molar-refractivity contribution in [2.24, 2.45) is 4.99 Å². The van der Waals surface area contributed by atoms with E-state index in [1.807, 2.05) is 12.1 Å². The van der Waals surface area contributed by atoms with E-state index >= 15 is 0 Å². The van der Waals surface area contributed by atoms with E-state index in [0.29, 0.717) is 11.6 Å². The van der Waals surface area contributed by atoms with Crippen molar-refractivity contribution >= 4 is 17.7 Å². The van der Waals surface area contributed by atoms with E-state index < -0.39 is 0 Å². The van der Waals surface area contributed by atoms with Crippen LogP contribution in [0.1, 0.15) is 38.2 Å². The lowest BCUT2D eigenvalue weighted by Crippen LogP contribution is -2.01. The lowest BCUT2D eigenvalue weighted by molar-refractivity contribution is 0.666. The van der Waals surface area contributed by atoms with Crippen LogP contribution in [0.4, 0.5) is 11.4 Å². The van der Waals surface area contributed by atoms with E-state index in [-0.39, 0.29) is 0 Å². The molecule has 0 aromatic heterocycles. The standard InChI is InChI=1S/C14H21N3/c1-4-7-11(3)12-8-6-9-13(15)14(12)17-10-16-5-2/h5-6,8-11H,2,4,7,15H2,1,3H3,(H,16,17). The van der Waals surface area contributed by atoms with Gasteiger partial charge in [-0.15, -0.1) is 0 Å². The van der Waals surface area contributed by atoms with Gasteiger partial charge in [-0.1, -0.05) is 39.0 Å². The molecule has 3 heteroatoms. The molecule has 0 spiro atoms. The molecule has 3 N–H and O–H groups in total. The van der Waals surface area contributed by atoms with Crippen molar-refractivity contribution in [2.75, 3.05) is 5.73 Å². The number of nitrogens with zero attached hydrogens (tertiary/aromatic N) is 1. The summed E-state index contributed by atoms with van der Waals surface area (Å²) in [5.41, 5.74) is 8.75. The third-order valence-electron chi connectivity index (χ3n) is 2.74. The molecule has 0 aliphatic rings. The molecule has 0 amide bonds. The highest BCUT2D eigenvalue weighted by molar-refractivity contribution is 5.73. The Labute approximate surface area is 103 Å². The first kappa shape index (κ1) is 13.3. The molecular formula is C14H21N3. The molecule has 1 aromatic rings. The van der Waals surface area contributed by atoms with Crippen LogP contribution >= 0.6 is 0 Å². The summed E-state index contributed by atoms with van der Waals surface area (Å²) >= 11 is 0. The molecule has 17 heavy (non-hydrogen) atoms. The largest absolute Gasteiger partial charge is 0.397 e. The molecule has 1 atom stereocenters. The predicted octanol–water partition coefficient (Wildman–Crippen LogP) is 3.57. The summed E-state index contributed by atoms with van der Waals surface area (Å²) in [5.74, 6) is 0.472. The maximum atomic E-state index is 5.97. The second-order valence-electron chi connectivity index (χ2n) is 4.10. The van der Waals surface area contributed by atoms with Gasteiger partial charge in [-0.3, -0.25) is 0 Å². The van der Waals surface area contributed by atoms with Crippen molar-refractivity contribution < 1.29 is 0 Å². The van der Waals surface area contributed by atoms with E-state index in [9.17, 15) is 0 Å². The molecule has 1 aromatic carbocycles. The number of hydrogen-bond acceptors (Lipinski definition) is 2. The van der Waals surface area contributed by atoms with Crippen LogP contribution in [0.5, 0.6) is 0 Å². The predicted molar refractivity (Wildman–Crippen MR) is 75.7 cm³/mol. The number of benzene rings is 1. The number of nitrogens with one attached hydrogen (secondary N) is 1. The van der Waals surface area contributed by atoms with Crippen LogP contribution in [0.3, 0.4) is 0 Å². The van der Waals surface area contributed by atoms with E-state index in [1.165, 1.54) is 5.56 Å². The molecule has 0 saturated heterocycles. The minimum absolute atomic E-state index is 0.472. The number of nitrogens with two attached hydrogens (primary N) is 1. The van der Waals surface area contributed by atoms with Gasteiger partial charge in [-0.05, 0) is 30.2 Å². The first-order valence-corrected chi connectivity index (χ1v) is 5.98. The van der Waals surface area contributed by atoms with Crippen LogP contribution in [-0.2, 0) is 0 Å². The van der Waals surface area contributed by atoms with Gasteiger partial charge in [0.1, 0.15) is 0 Å². The van der Waals surface area contributed by atoms with Gasteiger partial charge in [0.25, 0.3) is 0 Å². The van der Waals surface area contributed by atoms with Crippen LogP contribution in [0.25, 0.3) is 0 Å². The van der Waals surface area contributed by atoms with Gasteiger partial charge in [0.2, 0.25) is 0 Å². The molecule has 0 saturated carbocycles. The summed E-state index contributed by atoms with van der Waals surface area (Å²) in [6.07, 6.45) is 5.49. The number of rotatable bonds is 6. The first-order chi connectivity index (χ1) is 8.20. The number of anilines is 1. The maximum Gasteiger partial charge on any atom is 0.0926 e. The van der Waals surface area contributed by atoms with Crippen molar-refractivity contribution in [1.82, 2.24) is 5.32 Å². The van der Waals surface area contributed by atoms with Crippen LogP contribution in [0, 0.1) is 0 Å². The molecule has 0 aliphatic carbocycles. The Bertz CT molecular complexity index is 396. The number of para-hydroxylation sites is 1. The van der Waals surface area contributed by atoms with Gasteiger partial charge in [-0.25, -0.2) is 4.99 Å². The van der Waals surface area contributed by atoms with E-state index in [4.69, 9.17) is 5.73 Å². The second kappa shape index (κ2) is 6.74. The molecule has 3 nitrogen and oxygen atoms in total. The van der Waals surface area contributed by atoms with Crippen LogP contribution in [0.15, 0.2) is 36.0 Å². The van der Waals surface area contributed by atoms with Gasteiger partial charge in [0.05, 0.1) is 17.7 Å². The number of hydrogen-bond donors (Lipinski definition) is 2. The third kappa shape index (κ3) is 3.63. The van der Waals surface area contributed by atoms with E-state index in [1.54, 1.807) is 12.5 Å². The topological polar surface area (TPSA) is 50.4 Å². The molecule has 0 heterocycles. The molecule has 0 aliphatic heterocycles. The Hall–Kier alpha value is -1.77. The molecule has 0 radical (unpaired) electrons. The van der Waals surface area contributed by atoms with Crippen molar-refractivity contribution in [3.8, 4) is 0 Å². The quantitative estimate of drug-likeness (QED) is 0.447. The number of aliphatic imine (C=N–C) groups is 1. The second-order valence-corrected chi connectivity index (χ2v) is 4.10. The highest BCUT2D eigenvalue weighted by Crippen LogP contribution is 2.34. The molecule has 92 valence electrons. The molecular weight excluding hydrogens is 210 g/mol. The lowest BCUT2D eigenvalue weighted by atomic mass is 9.94. The Morgan fingerprint density at radius 1 is 1.53 bits per heavy atom. The normalized spacial score (nSPS) is 12.6. The van der Waals surface area contributed by atoms with Crippen LogP contribution in [-0.4, -0.2) is 6.34 Å². The Morgan fingerprint density at radius 3 is 2.94 bits per heavy atom. The van der Waals surface area contributed by atoms with Gasteiger partial charge in [-0.2, -0.15) is 0 Å². The summed E-state index contributed by atoms with van der Waals surface area (Å²) in [7, 11) is 0. The summed E-state index contributed by atoms with van der Waals surface area (Å²) in [4.78, 5) is 4.37. The average molecular weight is 231 g/mol. The Balaban J connectivity index is 3.03. The summed E-state index contributed by atoms with van der Waals surface area (Å²) < 4.78 is 0. The zero-order valence-corrected chi connectivity index (χ0v) is 10.6. The van der Waals surface area contributed by atoms with E-state index in [2.05, 4.69) is 36.8 Å². The molecule has 1 rings (SSSR count). The minimum atomic E-state index is 0.472. The zero-order valence-electron chi connectivity index (χ0n) is 10.6. The van der Waals surface area contributed by atoms with Gasteiger partial charge in [0, 0.05) is 0 Å². The fourth-order valence-corrected chi connectivity index (χ4v) is 1.87. The van der Waals surface area contributed by atoms with Crippen molar-refractivity contribution in [1.29, 1.82) is 0 Å². The zero-order chi connectivity index (χ0) is 12.7.